The van der Waals surface area contributed by atoms with E-state index in [0.29, 0.717) is 6.54 Å². The molecule has 1 amide bonds. The first kappa shape index (κ1) is 15.5. The third-order valence-electron chi connectivity index (χ3n) is 4.29. The number of likely N-dealkylation sites (tertiary alicyclic amines) is 1. The van der Waals surface area contributed by atoms with Crippen molar-refractivity contribution >= 4 is 5.91 Å². The van der Waals surface area contributed by atoms with Crippen molar-refractivity contribution in [1.29, 1.82) is 0 Å². The maximum absolute atomic E-state index is 12.3. The van der Waals surface area contributed by atoms with E-state index < -0.39 is 0 Å². The number of benzene rings is 1. The minimum atomic E-state index is -0.327. The van der Waals surface area contributed by atoms with Gasteiger partial charge in [0.15, 0.2) is 5.43 Å². The van der Waals surface area contributed by atoms with Gasteiger partial charge in [-0.05, 0) is 31.5 Å². The molecule has 1 aliphatic heterocycles. The van der Waals surface area contributed by atoms with Gasteiger partial charge in [-0.15, -0.1) is 0 Å². The molecule has 2 N–H and O–H groups in total. The lowest BCUT2D eigenvalue weighted by Crippen LogP contribution is -2.38. The molecule has 2 heterocycles. The molecule has 1 saturated heterocycles. The van der Waals surface area contributed by atoms with Gasteiger partial charge >= 0.3 is 0 Å². The van der Waals surface area contributed by atoms with Gasteiger partial charge in [0, 0.05) is 25.0 Å². The number of nitrogens with one attached hydrogen (secondary N) is 2. The highest BCUT2D eigenvalue weighted by Crippen LogP contribution is 2.24. The number of H-pyrrole nitrogens is 1. The van der Waals surface area contributed by atoms with Crippen LogP contribution in [0.4, 0.5) is 0 Å². The molecule has 120 valence electrons. The minimum absolute atomic E-state index is 0.144. The summed E-state index contributed by atoms with van der Waals surface area (Å²) in [5.41, 5.74) is 1.08. The van der Waals surface area contributed by atoms with Crippen LogP contribution in [0.3, 0.4) is 0 Å². The van der Waals surface area contributed by atoms with Crippen LogP contribution in [-0.4, -0.2) is 35.4 Å². The third kappa shape index (κ3) is 3.68. The monoisotopic (exact) mass is 311 g/mol. The SMILES string of the molecule is O=C(NC[C@H](c1ccccc1)N1CCCC1)c1c[nH]ccc1=O. The fraction of sp³-hybridized carbons (Fsp3) is 0.333. The van der Waals surface area contributed by atoms with Gasteiger partial charge in [-0.2, -0.15) is 0 Å². The van der Waals surface area contributed by atoms with Crippen molar-refractivity contribution in [3.8, 4) is 0 Å². The standard InChI is InChI=1S/C18H21N3O2/c22-17-8-9-19-12-15(17)18(23)20-13-16(21-10-4-5-11-21)14-6-2-1-3-7-14/h1-3,6-9,12,16H,4-5,10-11,13H2,(H,19,22)(H,20,23)/t16-/m1/s1. The number of carbonyl (C=O) groups excluding carboxylic acids is 1. The first-order valence-corrected chi connectivity index (χ1v) is 8.00. The van der Waals surface area contributed by atoms with Crippen molar-refractivity contribution in [3.63, 3.8) is 0 Å². The highest BCUT2D eigenvalue weighted by molar-refractivity contribution is 5.93. The Morgan fingerprint density at radius 1 is 1.17 bits per heavy atom. The molecule has 0 aliphatic carbocycles. The summed E-state index contributed by atoms with van der Waals surface area (Å²) >= 11 is 0. The summed E-state index contributed by atoms with van der Waals surface area (Å²) in [6.45, 7) is 2.58. The molecule has 1 aromatic heterocycles. The van der Waals surface area contributed by atoms with Gasteiger partial charge in [0.25, 0.3) is 5.91 Å². The predicted octanol–water partition coefficient (Wildman–Crippen LogP) is 1.94. The second-order valence-electron chi connectivity index (χ2n) is 5.80. The Labute approximate surface area is 135 Å². The predicted molar refractivity (Wildman–Crippen MR) is 89.4 cm³/mol. The second kappa shape index (κ2) is 7.24. The zero-order chi connectivity index (χ0) is 16.1. The van der Waals surface area contributed by atoms with Gasteiger partial charge in [-0.25, -0.2) is 0 Å². The van der Waals surface area contributed by atoms with Crippen LogP contribution >= 0.6 is 0 Å². The topological polar surface area (TPSA) is 65.2 Å². The zero-order valence-corrected chi connectivity index (χ0v) is 13.0. The number of amides is 1. The number of hydrogen-bond acceptors (Lipinski definition) is 3. The van der Waals surface area contributed by atoms with Crippen LogP contribution in [0.2, 0.25) is 0 Å². The van der Waals surface area contributed by atoms with E-state index >= 15 is 0 Å². The Balaban J connectivity index is 1.73. The summed E-state index contributed by atoms with van der Waals surface area (Å²) in [4.78, 5) is 29.2. The van der Waals surface area contributed by atoms with E-state index in [4.69, 9.17) is 0 Å². The highest BCUT2D eigenvalue weighted by Gasteiger charge is 2.24. The number of aromatic nitrogens is 1. The maximum Gasteiger partial charge on any atom is 0.256 e. The summed E-state index contributed by atoms with van der Waals surface area (Å²) in [5.74, 6) is -0.327. The molecule has 2 aromatic rings. The lowest BCUT2D eigenvalue weighted by Gasteiger charge is -2.28. The first-order valence-electron chi connectivity index (χ1n) is 8.00. The van der Waals surface area contributed by atoms with Crippen molar-refractivity contribution in [2.24, 2.45) is 0 Å². The third-order valence-corrected chi connectivity index (χ3v) is 4.29. The Morgan fingerprint density at radius 2 is 1.91 bits per heavy atom. The lowest BCUT2D eigenvalue weighted by molar-refractivity contribution is 0.0936. The molecule has 1 fully saturated rings. The largest absolute Gasteiger partial charge is 0.367 e. The first-order chi connectivity index (χ1) is 11.3. The molecule has 5 heteroatoms. The van der Waals surface area contributed by atoms with Crippen LogP contribution in [0.5, 0.6) is 0 Å². The normalized spacial score (nSPS) is 16.2. The van der Waals surface area contributed by atoms with Crippen molar-refractivity contribution < 1.29 is 4.79 Å². The maximum atomic E-state index is 12.3. The fourth-order valence-electron chi connectivity index (χ4n) is 3.06. The molecule has 0 radical (unpaired) electrons. The van der Waals surface area contributed by atoms with Crippen molar-refractivity contribution in [1.82, 2.24) is 15.2 Å². The number of carbonyl (C=O) groups is 1. The molecule has 5 nitrogen and oxygen atoms in total. The summed E-state index contributed by atoms with van der Waals surface area (Å²) in [5, 5.41) is 2.91. The van der Waals surface area contributed by atoms with Gasteiger partial charge in [-0.1, -0.05) is 30.3 Å². The minimum Gasteiger partial charge on any atom is -0.367 e. The van der Waals surface area contributed by atoms with Gasteiger partial charge in [0.1, 0.15) is 5.56 Å². The van der Waals surface area contributed by atoms with E-state index in [2.05, 4.69) is 27.3 Å². The number of pyridine rings is 1. The van der Waals surface area contributed by atoms with Gasteiger partial charge in [0.05, 0.1) is 6.04 Å². The Morgan fingerprint density at radius 3 is 2.61 bits per heavy atom. The van der Waals surface area contributed by atoms with Crippen LogP contribution in [0.1, 0.15) is 34.8 Å². The molecule has 0 bridgehead atoms. The van der Waals surface area contributed by atoms with Crippen LogP contribution in [0.25, 0.3) is 0 Å². The van der Waals surface area contributed by atoms with Crippen molar-refractivity contribution in [2.45, 2.75) is 18.9 Å². The number of nitrogens with zero attached hydrogens (tertiary/aromatic N) is 1. The van der Waals surface area contributed by atoms with E-state index in [-0.39, 0.29) is 22.9 Å². The molecule has 1 aliphatic rings. The summed E-state index contributed by atoms with van der Waals surface area (Å²) < 4.78 is 0. The number of hydrogen-bond donors (Lipinski definition) is 2. The van der Waals surface area contributed by atoms with Gasteiger partial charge in [-0.3, -0.25) is 14.5 Å². The summed E-state index contributed by atoms with van der Waals surface area (Å²) in [7, 11) is 0. The van der Waals surface area contributed by atoms with Crippen molar-refractivity contribution in [3.05, 3.63) is 70.1 Å². The van der Waals surface area contributed by atoms with Crippen LogP contribution in [0, 0.1) is 0 Å². The molecule has 0 unspecified atom stereocenters. The Hall–Kier alpha value is -2.40. The average Bonchev–Trinajstić information content (AvgIpc) is 3.10. The Kier molecular flexibility index (Phi) is 4.88. The van der Waals surface area contributed by atoms with Crippen molar-refractivity contribution in [2.75, 3.05) is 19.6 Å². The van der Waals surface area contributed by atoms with Crippen LogP contribution < -0.4 is 10.7 Å². The molecule has 1 aromatic carbocycles. The average molecular weight is 311 g/mol. The van der Waals surface area contributed by atoms with Gasteiger partial charge < -0.3 is 10.3 Å². The van der Waals surface area contributed by atoms with Crippen LogP contribution in [0.15, 0.2) is 53.6 Å². The van der Waals surface area contributed by atoms with E-state index in [1.165, 1.54) is 36.9 Å². The molecular weight excluding hydrogens is 290 g/mol. The Bertz CT molecular complexity index is 705. The second-order valence-corrected chi connectivity index (χ2v) is 5.80. The molecule has 0 saturated carbocycles. The smallest absolute Gasteiger partial charge is 0.256 e. The fourth-order valence-corrected chi connectivity index (χ4v) is 3.06. The molecule has 3 rings (SSSR count). The molecule has 1 atom stereocenters. The van der Waals surface area contributed by atoms with E-state index in [1.54, 1.807) is 0 Å². The highest BCUT2D eigenvalue weighted by atomic mass is 16.2. The lowest BCUT2D eigenvalue weighted by atomic mass is 10.1. The van der Waals surface area contributed by atoms with E-state index in [1.807, 2.05) is 18.2 Å². The quantitative estimate of drug-likeness (QED) is 0.887. The molecular formula is C18H21N3O2. The molecule has 23 heavy (non-hydrogen) atoms. The summed E-state index contributed by atoms with van der Waals surface area (Å²) in [6.07, 6.45) is 5.35. The number of rotatable bonds is 5. The number of aromatic amines is 1. The van der Waals surface area contributed by atoms with Crippen LogP contribution in [-0.2, 0) is 0 Å². The summed E-state index contributed by atoms with van der Waals surface area (Å²) in [6, 6.07) is 11.7. The zero-order valence-electron chi connectivity index (χ0n) is 13.0. The molecule has 0 spiro atoms. The van der Waals surface area contributed by atoms with E-state index in [9.17, 15) is 9.59 Å². The van der Waals surface area contributed by atoms with E-state index in [0.717, 1.165) is 13.1 Å². The van der Waals surface area contributed by atoms with Gasteiger partial charge in [0.2, 0.25) is 0 Å².